The predicted molar refractivity (Wildman–Crippen MR) is 160 cm³/mol. The third-order valence-corrected chi connectivity index (χ3v) is 8.71. The van der Waals surface area contributed by atoms with Crippen molar-refractivity contribution in [1.29, 1.82) is 0 Å². The van der Waals surface area contributed by atoms with Gasteiger partial charge >= 0.3 is 5.97 Å². The average Bonchev–Trinajstić information content (AvgIpc) is 3.75. The largest absolute Gasteiger partial charge is 0.466 e. The summed E-state index contributed by atoms with van der Waals surface area (Å²) in [4.78, 5) is 28.5. The lowest BCUT2D eigenvalue weighted by Crippen LogP contribution is -2.44. The van der Waals surface area contributed by atoms with Gasteiger partial charge in [0.25, 0.3) is 0 Å². The average molecular weight is 623 g/mol. The SMILES string of the molecule is CCCCCC(=O)N(Cc1ccc2oc(-c3ccc(-c4nn[nH]n4)cc3)c(Br)c2c1)CC1(C(=O)OCC)CCCC1. The number of aromatic amines is 1. The second kappa shape index (κ2) is 13.0. The minimum absolute atomic E-state index is 0.0859. The standard InChI is InChI=1S/C31H36BrN5O4/c1-3-5-6-9-26(38)37(20-31(16-7-8-17-31)30(39)40-4-2)19-21-10-15-25-24(18-21)27(32)28(41-25)22-11-13-23(14-12-22)29-33-35-36-34-29/h10-15,18H,3-9,16-17,19-20H2,1-2H3,(H,33,34,35,36). The molecule has 41 heavy (non-hydrogen) atoms. The van der Waals surface area contributed by atoms with Crippen LogP contribution in [-0.4, -0.2) is 50.6 Å². The summed E-state index contributed by atoms with van der Waals surface area (Å²) in [6.45, 7) is 5.12. The van der Waals surface area contributed by atoms with Crippen LogP contribution in [0.5, 0.6) is 0 Å². The summed E-state index contributed by atoms with van der Waals surface area (Å²) in [6.07, 6.45) is 6.85. The van der Waals surface area contributed by atoms with Gasteiger partial charge in [0, 0.05) is 36.0 Å². The van der Waals surface area contributed by atoms with Crippen molar-refractivity contribution in [2.24, 2.45) is 5.41 Å². The van der Waals surface area contributed by atoms with Crippen LogP contribution >= 0.6 is 15.9 Å². The first-order valence-electron chi connectivity index (χ1n) is 14.4. The van der Waals surface area contributed by atoms with E-state index < -0.39 is 5.41 Å². The number of nitrogens with one attached hydrogen (secondary N) is 1. The molecule has 5 rings (SSSR count). The Labute approximate surface area is 248 Å². The van der Waals surface area contributed by atoms with Gasteiger partial charge in [0.15, 0.2) is 0 Å². The molecular formula is C31H36BrN5O4. The fraction of sp³-hybridized carbons (Fsp3) is 0.452. The lowest BCUT2D eigenvalue weighted by molar-refractivity contribution is -0.157. The Morgan fingerprint density at radius 2 is 1.83 bits per heavy atom. The van der Waals surface area contributed by atoms with Crippen molar-refractivity contribution in [2.45, 2.75) is 71.8 Å². The molecule has 10 heteroatoms. The van der Waals surface area contributed by atoms with Gasteiger partial charge < -0.3 is 14.1 Å². The van der Waals surface area contributed by atoms with Crippen molar-refractivity contribution in [2.75, 3.05) is 13.2 Å². The lowest BCUT2D eigenvalue weighted by Gasteiger charge is -2.34. The van der Waals surface area contributed by atoms with E-state index in [0.29, 0.717) is 31.9 Å². The van der Waals surface area contributed by atoms with Crippen molar-refractivity contribution >= 4 is 38.8 Å². The van der Waals surface area contributed by atoms with Gasteiger partial charge in [-0.2, -0.15) is 5.21 Å². The molecule has 9 nitrogen and oxygen atoms in total. The number of unbranched alkanes of at least 4 members (excludes halogenated alkanes) is 2. The highest BCUT2D eigenvalue weighted by molar-refractivity contribution is 9.10. The number of H-pyrrole nitrogens is 1. The number of hydrogen-bond donors (Lipinski definition) is 1. The van der Waals surface area contributed by atoms with Crippen LogP contribution in [0.25, 0.3) is 33.7 Å². The van der Waals surface area contributed by atoms with Crippen LogP contribution < -0.4 is 0 Å². The van der Waals surface area contributed by atoms with Crippen LogP contribution in [0.1, 0.15) is 70.8 Å². The van der Waals surface area contributed by atoms with E-state index in [9.17, 15) is 9.59 Å². The number of aromatic nitrogens is 4. The van der Waals surface area contributed by atoms with Crippen molar-refractivity contribution in [3.63, 3.8) is 0 Å². The van der Waals surface area contributed by atoms with E-state index in [4.69, 9.17) is 9.15 Å². The number of halogens is 1. The van der Waals surface area contributed by atoms with E-state index in [1.54, 1.807) is 0 Å². The fourth-order valence-corrected chi connectivity index (χ4v) is 6.34. The highest BCUT2D eigenvalue weighted by atomic mass is 79.9. The number of benzene rings is 2. The quantitative estimate of drug-likeness (QED) is 0.133. The van der Waals surface area contributed by atoms with Gasteiger partial charge in [-0.3, -0.25) is 9.59 Å². The normalized spacial score (nSPS) is 14.4. The van der Waals surface area contributed by atoms with Crippen molar-refractivity contribution in [3.05, 3.63) is 52.5 Å². The minimum atomic E-state index is -0.627. The molecule has 1 saturated carbocycles. The summed E-state index contributed by atoms with van der Waals surface area (Å²) in [5.41, 5.74) is 2.87. The lowest BCUT2D eigenvalue weighted by atomic mass is 9.85. The predicted octanol–water partition coefficient (Wildman–Crippen LogP) is 7.07. The molecule has 216 valence electrons. The molecule has 0 bridgehead atoms. The molecule has 0 spiro atoms. The number of ether oxygens (including phenoxy) is 1. The first-order chi connectivity index (χ1) is 19.9. The van der Waals surface area contributed by atoms with E-state index in [0.717, 1.165) is 82.8 Å². The van der Waals surface area contributed by atoms with Crippen molar-refractivity contribution in [3.8, 4) is 22.7 Å². The monoisotopic (exact) mass is 621 g/mol. The number of hydrogen-bond acceptors (Lipinski definition) is 7. The van der Waals surface area contributed by atoms with Gasteiger partial charge in [-0.05, 0) is 65.0 Å². The number of furan rings is 1. The molecule has 1 N–H and O–H groups in total. The maximum absolute atomic E-state index is 13.5. The molecule has 2 aromatic heterocycles. The van der Waals surface area contributed by atoms with Gasteiger partial charge in [-0.1, -0.05) is 62.9 Å². The van der Waals surface area contributed by atoms with E-state index in [2.05, 4.69) is 49.5 Å². The Balaban J connectivity index is 1.40. The molecule has 1 amide bonds. The highest BCUT2D eigenvalue weighted by Crippen LogP contribution is 2.41. The van der Waals surface area contributed by atoms with Crippen LogP contribution in [0.4, 0.5) is 0 Å². The summed E-state index contributed by atoms with van der Waals surface area (Å²) in [5.74, 6) is 1.16. The Morgan fingerprint density at radius 3 is 2.51 bits per heavy atom. The molecule has 0 unspecified atom stereocenters. The smallest absolute Gasteiger partial charge is 0.313 e. The third-order valence-electron chi connectivity index (χ3n) is 7.93. The fourth-order valence-electron chi connectivity index (χ4n) is 5.72. The summed E-state index contributed by atoms with van der Waals surface area (Å²) in [5, 5.41) is 15.1. The van der Waals surface area contributed by atoms with Gasteiger partial charge in [0.2, 0.25) is 11.7 Å². The Kier molecular flexibility index (Phi) is 9.17. The summed E-state index contributed by atoms with van der Waals surface area (Å²) < 4.78 is 12.6. The van der Waals surface area contributed by atoms with Gasteiger partial charge in [-0.25, -0.2) is 0 Å². The molecule has 0 saturated heterocycles. The summed E-state index contributed by atoms with van der Waals surface area (Å²) >= 11 is 3.76. The van der Waals surface area contributed by atoms with E-state index in [1.807, 2.05) is 48.2 Å². The van der Waals surface area contributed by atoms with Crippen LogP contribution in [0.15, 0.2) is 51.4 Å². The number of nitrogens with zero attached hydrogens (tertiary/aromatic N) is 4. The van der Waals surface area contributed by atoms with Crippen molar-refractivity contribution < 1.29 is 18.7 Å². The molecule has 0 atom stereocenters. The molecule has 1 aliphatic rings. The Hall–Kier alpha value is -3.53. The van der Waals surface area contributed by atoms with Crippen LogP contribution in [0.2, 0.25) is 0 Å². The number of rotatable bonds is 12. The zero-order valence-corrected chi connectivity index (χ0v) is 25.2. The summed E-state index contributed by atoms with van der Waals surface area (Å²) in [7, 11) is 0. The Morgan fingerprint density at radius 1 is 1.07 bits per heavy atom. The molecular weight excluding hydrogens is 586 g/mol. The van der Waals surface area contributed by atoms with Gasteiger partial charge in [-0.15, -0.1) is 10.2 Å². The van der Waals surface area contributed by atoms with Crippen LogP contribution in [0, 0.1) is 5.41 Å². The summed E-state index contributed by atoms with van der Waals surface area (Å²) in [6, 6.07) is 13.8. The molecule has 1 fully saturated rings. The highest BCUT2D eigenvalue weighted by Gasteiger charge is 2.44. The Bertz CT molecular complexity index is 1480. The number of esters is 1. The van der Waals surface area contributed by atoms with E-state index >= 15 is 0 Å². The van der Waals surface area contributed by atoms with Crippen LogP contribution in [0.3, 0.4) is 0 Å². The number of amides is 1. The number of fused-ring (bicyclic) bond motifs is 1. The third kappa shape index (κ3) is 6.37. The first-order valence-corrected chi connectivity index (χ1v) is 15.2. The molecule has 0 radical (unpaired) electrons. The number of carbonyl (C=O) groups excluding carboxylic acids is 2. The maximum atomic E-state index is 13.5. The number of tetrazole rings is 1. The topological polar surface area (TPSA) is 114 Å². The zero-order chi connectivity index (χ0) is 28.8. The van der Waals surface area contributed by atoms with Gasteiger partial charge in [0.05, 0.1) is 16.5 Å². The molecule has 4 aromatic rings. The molecule has 1 aliphatic carbocycles. The molecule has 0 aliphatic heterocycles. The first kappa shape index (κ1) is 29.0. The molecule has 2 aromatic carbocycles. The van der Waals surface area contributed by atoms with E-state index in [1.165, 1.54) is 0 Å². The second-order valence-electron chi connectivity index (χ2n) is 10.8. The zero-order valence-electron chi connectivity index (χ0n) is 23.6. The second-order valence-corrected chi connectivity index (χ2v) is 11.6. The maximum Gasteiger partial charge on any atom is 0.313 e. The van der Waals surface area contributed by atoms with Crippen molar-refractivity contribution in [1.82, 2.24) is 25.5 Å². The van der Waals surface area contributed by atoms with Crippen LogP contribution in [-0.2, 0) is 20.9 Å². The van der Waals surface area contributed by atoms with E-state index in [-0.39, 0.29) is 11.9 Å². The van der Waals surface area contributed by atoms with Gasteiger partial charge in [0.1, 0.15) is 11.3 Å². The minimum Gasteiger partial charge on any atom is -0.466 e. The number of carbonyl (C=O) groups is 2. The molecule has 2 heterocycles.